The van der Waals surface area contributed by atoms with E-state index in [1.165, 1.54) is 21.3 Å². The fourth-order valence-electron chi connectivity index (χ4n) is 1.75. The first kappa shape index (κ1) is 13.3. The summed E-state index contributed by atoms with van der Waals surface area (Å²) in [5.74, 6) is -0.151. The number of aromatic carboxylic acids is 1. The Kier molecular flexibility index (Phi) is 4.34. The van der Waals surface area contributed by atoms with Crippen LogP contribution in [-0.4, -0.2) is 32.4 Å². The largest absolute Gasteiger partial charge is 0.496 e. The van der Waals surface area contributed by atoms with Crippen LogP contribution in [0.5, 0.6) is 11.5 Å². The van der Waals surface area contributed by atoms with E-state index in [0.29, 0.717) is 22.6 Å². The smallest absolute Gasteiger partial charge is 0.339 e. The Hall–Kier alpha value is -1.75. The van der Waals surface area contributed by atoms with Gasteiger partial charge < -0.3 is 19.3 Å². The van der Waals surface area contributed by atoms with Crippen molar-refractivity contribution in [2.45, 2.75) is 13.5 Å². The summed E-state index contributed by atoms with van der Waals surface area (Å²) in [6.45, 7) is 1.94. The molecule has 0 unspecified atom stereocenters. The molecule has 0 aliphatic rings. The number of carboxylic acid groups (broad SMARTS) is 1. The average molecular weight is 240 g/mol. The van der Waals surface area contributed by atoms with Crippen LogP contribution in [0.3, 0.4) is 0 Å². The molecule has 1 aromatic carbocycles. The molecule has 17 heavy (non-hydrogen) atoms. The Morgan fingerprint density at radius 1 is 1.29 bits per heavy atom. The number of carboxylic acids is 1. The zero-order valence-electron chi connectivity index (χ0n) is 10.4. The fraction of sp³-hybridized carbons (Fsp3) is 0.417. The lowest BCUT2D eigenvalue weighted by Crippen LogP contribution is -2.09. The maximum absolute atomic E-state index is 11.3. The van der Waals surface area contributed by atoms with E-state index in [9.17, 15) is 9.90 Å². The number of hydrogen-bond acceptors (Lipinski definition) is 4. The SMILES string of the molecule is COCc1cc(OC)c(C)c(OC)c1C(=O)O. The Balaban J connectivity index is 3.51. The summed E-state index contributed by atoms with van der Waals surface area (Å²) in [4.78, 5) is 11.3. The fourth-order valence-corrected chi connectivity index (χ4v) is 1.75. The van der Waals surface area contributed by atoms with Crippen molar-refractivity contribution < 1.29 is 24.1 Å². The van der Waals surface area contributed by atoms with Crippen LogP contribution in [0.1, 0.15) is 21.5 Å². The van der Waals surface area contributed by atoms with Gasteiger partial charge in [-0.3, -0.25) is 0 Å². The molecular formula is C12H16O5. The number of methoxy groups -OCH3 is 3. The van der Waals surface area contributed by atoms with E-state index < -0.39 is 5.97 Å². The van der Waals surface area contributed by atoms with Gasteiger partial charge in [-0.05, 0) is 18.6 Å². The van der Waals surface area contributed by atoms with Crippen molar-refractivity contribution in [1.29, 1.82) is 0 Å². The second-order valence-electron chi connectivity index (χ2n) is 3.51. The zero-order valence-corrected chi connectivity index (χ0v) is 10.4. The van der Waals surface area contributed by atoms with Crippen molar-refractivity contribution in [3.63, 3.8) is 0 Å². The Morgan fingerprint density at radius 2 is 1.94 bits per heavy atom. The van der Waals surface area contributed by atoms with Gasteiger partial charge in [0, 0.05) is 12.7 Å². The molecule has 0 heterocycles. The van der Waals surface area contributed by atoms with Crippen LogP contribution < -0.4 is 9.47 Å². The first-order valence-electron chi connectivity index (χ1n) is 5.03. The minimum Gasteiger partial charge on any atom is -0.496 e. The van der Waals surface area contributed by atoms with Crippen LogP contribution >= 0.6 is 0 Å². The van der Waals surface area contributed by atoms with Crippen molar-refractivity contribution in [1.82, 2.24) is 0 Å². The minimum atomic E-state index is -1.04. The summed E-state index contributed by atoms with van der Waals surface area (Å²) in [6.07, 6.45) is 0. The molecule has 0 amide bonds. The van der Waals surface area contributed by atoms with Crippen LogP contribution in [0.15, 0.2) is 6.07 Å². The lowest BCUT2D eigenvalue weighted by atomic mass is 10.0. The first-order valence-corrected chi connectivity index (χ1v) is 5.03. The molecule has 5 nitrogen and oxygen atoms in total. The van der Waals surface area contributed by atoms with E-state index in [2.05, 4.69) is 0 Å². The quantitative estimate of drug-likeness (QED) is 0.851. The number of benzene rings is 1. The molecule has 94 valence electrons. The van der Waals surface area contributed by atoms with Crippen molar-refractivity contribution in [2.75, 3.05) is 21.3 Å². The normalized spacial score (nSPS) is 10.1. The molecule has 0 saturated carbocycles. The van der Waals surface area contributed by atoms with Crippen molar-refractivity contribution >= 4 is 5.97 Å². The standard InChI is InChI=1S/C12H16O5/c1-7-9(16-3)5-8(6-15-2)10(12(13)14)11(7)17-4/h5H,6H2,1-4H3,(H,13,14). The van der Waals surface area contributed by atoms with Gasteiger partial charge in [0.25, 0.3) is 0 Å². The molecule has 0 saturated heterocycles. The van der Waals surface area contributed by atoms with Gasteiger partial charge in [-0.1, -0.05) is 0 Å². The molecule has 0 bridgehead atoms. The number of ether oxygens (including phenoxy) is 3. The second-order valence-corrected chi connectivity index (χ2v) is 3.51. The minimum absolute atomic E-state index is 0.118. The second kappa shape index (κ2) is 5.54. The van der Waals surface area contributed by atoms with Gasteiger partial charge in [-0.25, -0.2) is 4.79 Å². The van der Waals surface area contributed by atoms with Gasteiger partial charge in [0.1, 0.15) is 17.1 Å². The third-order valence-corrected chi connectivity index (χ3v) is 2.50. The predicted octanol–water partition coefficient (Wildman–Crippen LogP) is 1.86. The average Bonchev–Trinajstić information content (AvgIpc) is 2.30. The number of rotatable bonds is 5. The van der Waals surface area contributed by atoms with Gasteiger partial charge in [-0.15, -0.1) is 0 Å². The van der Waals surface area contributed by atoms with Crippen LogP contribution in [0.25, 0.3) is 0 Å². The van der Waals surface area contributed by atoms with Crippen LogP contribution in [0, 0.1) is 6.92 Å². The predicted molar refractivity (Wildman–Crippen MR) is 62.0 cm³/mol. The van der Waals surface area contributed by atoms with Gasteiger partial charge in [-0.2, -0.15) is 0 Å². The van der Waals surface area contributed by atoms with Crippen LogP contribution in [-0.2, 0) is 11.3 Å². The highest BCUT2D eigenvalue weighted by Crippen LogP contribution is 2.34. The molecule has 5 heteroatoms. The summed E-state index contributed by atoms with van der Waals surface area (Å²) in [7, 11) is 4.47. The number of carbonyl (C=O) groups is 1. The lowest BCUT2D eigenvalue weighted by molar-refractivity contribution is 0.0687. The van der Waals surface area contributed by atoms with Gasteiger partial charge in [0.15, 0.2) is 0 Å². The molecule has 0 aliphatic heterocycles. The summed E-state index contributed by atoms with van der Waals surface area (Å²) >= 11 is 0. The third kappa shape index (κ3) is 2.50. The zero-order chi connectivity index (χ0) is 13.0. The summed E-state index contributed by atoms with van der Waals surface area (Å²) in [5, 5.41) is 9.22. The van der Waals surface area contributed by atoms with E-state index >= 15 is 0 Å². The van der Waals surface area contributed by atoms with Gasteiger partial charge in [0.05, 0.1) is 20.8 Å². The maximum Gasteiger partial charge on any atom is 0.339 e. The van der Waals surface area contributed by atoms with E-state index in [0.717, 1.165) is 0 Å². The van der Waals surface area contributed by atoms with E-state index in [1.54, 1.807) is 13.0 Å². The summed E-state index contributed by atoms with van der Waals surface area (Å²) in [5.41, 5.74) is 1.30. The molecule has 0 aromatic heterocycles. The molecule has 1 rings (SSSR count). The highest BCUT2D eigenvalue weighted by Gasteiger charge is 2.21. The third-order valence-electron chi connectivity index (χ3n) is 2.50. The van der Waals surface area contributed by atoms with Gasteiger partial charge in [0.2, 0.25) is 0 Å². The molecule has 0 fully saturated rings. The maximum atomic E-state index is 11.3. The van der Waals surface area contributed by atoms with Crippen LogP contribution in [0.2, 0.25) is 0 Å². The Labute approximate surface area is 99.9 Å². The Bertz CT molecular complexity index is 425. The monoisotopic (exact) mass is 240 g/mol. The summed E-state index contributed by atoms with van der Waals surface area (Å²) in [6, 6.07) is 1.66. The van der Waals surface area contributed by atoms with E-state index in [4.69, 9.17) is 14.2 Å². The van der Waals surface area contributed by atoms with Crippen molar-refractivity contribution in [3.8, 4) is 11.5 Å². The van der Waals surface area contributed by atoms with Crippen LogP contribution in [0.4, 0.5) is 0 Å². The Morgan fingerprint density at radius 3 is 2.35 bits per heavy atom. The van der Waals surface area contributed by atoms with E-state index in [-0.39, 0.29) is 12.2 Å². The lowest BCUT2D eigenvalue weighted by Gasteiger charge is -2.16. The molecule has 0 radical (unpaired) electrons. The molecule has 0 spiro atoms. The molecule has 0 atom stereocenters. The molecule has 1 N–H and O–H groups in total. The molecule has 0 aliphatic carbocycles. The highest BCUT2D eigenvalue weighted by molar-refractivity contribution is 5.93. The topological polar surface area (TPSA) is 65.0 Å². The highest BCUT2D eigenvalue weighted by atomic mass is 16.5. The van der Waals surface area contributed by atoms with Crippen molar-refractivity contribution in [3.05, 3.63) is 22.8 Å². The number of hydrogen-bond donors (Lipinski definition) is 1. The molecular weight excluding hydrogens is 224 g/mol. The van der Waals surface area contributed by atoms with E-state index in [1.807, 2.05) is 0 Å². The van der Waals surface area contributed by atoms with Crippen molar-refractivity contribution in [2.24, 2.45) is 0 Å². The summed E-state index contributed by atoms with van der Waals surface area (Å²) < 4.78 is 15.3. The molecule has 1 aromatic rings. The van der Waals surface area contributed by atoms with Gasteiger partial charge >= 0.3 is 5.97 Å². The first-order chi connectivity index (χ1) is 8.06.